The average Bonchev–Trinajstić information content (AvgIpc) is 2.74. The number of nitrogens with zero attached hydrogens (tertiary/aromatic N) is 2. The lowest BCUT2D eigenvalue weighted by atomic mass is 10.2. The van der Waals surface area contributed by atoms with Gasteiger partial charge in [0.25, 0.3) is 0 Å². The lowest BCUT2D eigenvalue weighted by Gasteiger charge is -2.08. The normalized spacial score (nSPS) is 10.7. The maximum atomic E-state index is 5.99. The number of anilines is 1. The Bertz CT molecular complexity index is 703. The van der Waals surface area contributed by atoms with E-state index < -0.39 is 0 Å². The predicted octanol–water partition coefficient (Wildman–Crippen LogP) is 2.62. The Morgan fingerprint density at radius 1 is 1.11 bits per heavy atom. The van der Waals surface area contributed by atoms with Crippen molar-refractivity contribution in [3.63, 3.8) is 0 Å². The maximum Gasteiger partial charge on any atom is 0.205 e. The topological polar surface area (TPSA) is 53.1 Å². The quantitative estimate of drug-likeness (QED) is 0.748. The van der Waals surface area contributed by atoms with Crippen molar-refractivity contribution in [3.05, 3.63) is 48.5 Å². The van der Waals surface area contributed by atoms with Gasteiger partial charge in [0.2, 0.25) is 5.95 Å². The van der Waals surface area contributed by atoms with Crippen LogP contribution in [0.5, 0.6) is 5.75 Å². The first kappa shape index (κ1) is 10.7. The van der Waals surface area contributed by atoms with Crippen molar-refractivity contribution in [2.45, 2.75) is 0 Å². The zero-order valence-electron chi connectivity index (χ0n) is 10.00. The third-order valence-electron chi connectivity index (χ3n) is 2.90. The van der Waals surface area contributed by atoms with E-state index in [4.69, 9.17) is 10.5 Å². The standard InChI is InChI=1S/C14H13N3O/c1-18-11-6-4-5-10(9-11)17-13-8-3-2-7-12(13)16-14(17)15/h2-9H,1H3,(H2,15,16). The minimum absolute atomic E-state index is 0.476. The Balaban J connectivity index is 2.27. The van der Waals surface area contributed by atoms with Gasteiger partial charge >= 0.3 is 0 Å². The number of aromatic nitrogens is 2. The largest absolute Gasteiger partial charge is 0.497 e. The van der Waals surface area contributed by atoms with E-state index in [-0.39, 0.29) is 0 Å². The van der Waals surface area contributed by atoms with Crippen LogP contribution in [-0.4, -0.2) is 16.7 Å². The summed E-state index contributed by atoms with van der Waals surface area (Å²) in [6.45, 7) is 0. The van der Waals surface area contributed by atoms with Gasteiger partial charge in [0.15, 0.2) is 0 Å². The summed E-state index contributed by atoms with van der Waals surface area (Å²) in [6.07, 6.45) is 0. The van der Waals surface area contributed by atoms with Crippen LogP contribution in [0.25, 0.3) is 16.7 Å². The molecule has 0 saturated heterocycles. The summed E-state index contributed by atoms with van der Waals surface area (Å²) in [6, 6.07) is 15.6. The summed E-state index contributed by atoms with van der Waals surface area (Å²) in [5.41, 5.74) is 8.81. The third-order valence-corrected chi connectivity index (χ3v) is 2.90. The van der Waals surface area contributed by atoms with Crippen molar-refractivity contribution in [3.8, 4) is 11.4 Å². The Labute approximate surface area is 105 Å². The fourth-order valence-corrected chi connectivity index (χ4v) is 2.07. The molecule has 0 atom stereocenters. The van der Waals surface area contributed by atoms with Crippen molar-refractivity contribution in [1.29, 1.82) is 0 Å². The number of methoxy groups -OCH3 is 1. The molecule has 2 aromatic carbocycles. The second-order valence-corrected chi connectivity index (χ2v) is 4.00. The smallest absolute Gasteiger partial charge is 0.205 e. The van der Waals surface area contributed by atoms with Gasteiger partial charge in [-0.3, -0.25) is 4.57 Å². The van der Waals surface area contributed by atoms with Gasteiger partial charge in [-0.2, -0.15) is 0 Å². The van der Waals surface area contributed by atoms with Crippen LogP contribution in [0.3, 0.4) is 0 Å². The lowest BCUT2D eigenvalue weighted by Crippen LogP contribution is -2.00. The first-order valence-electron chi connectivity index (χ1n) is 5.67. The predicted molar refractivity (Wildman–Crippen MR) is 72.0 cm³/mol. The molecule has 0 radical (unpaired) electrons. The van der Waals surface area contributed by atoms with E-state index in [0.717, 1.165) is 22.5 Å². The number of imidazole rings is 1. The van der Waals surface area contributed by atoms with E-state index in [0.29, 0.717) is 5.95 Å². The SMILES string of the molecule is COc1cccc(-n2c(N)nc3ccccc32)c1. The second-order valence-electron chi connectivity index (χ2n) is 4.00. The first-order chi connectivity index (χ1) is 8.79. The molecule has 0 aliphatic heterocycles. The maximum absolute atomic E-state index is 5.99. The van der Waals surface area contributed by atoms with Crippen molar-refractivity contribution in [2.75, 3.05) is 12.8 Å². The molecule has 1 aromatic heterocycles. The number of benzene rings is 2. The van der Waals surface area contributed by atoms with Crippen LogP contribution in [0, 0.1) is 0 Å². The fourth-order valence-electron chi connectivity index (χ4n) is 2.07. The monoisotopic (exact) mass is 239 g/mol. The molecule has 4 nitrogen and oxygen atoms in total. The summed E-state index contributed by atoms with van der Waals surface area (Å²) in [5, 5.41) is 0. The number of hydrogen-bond donors (Lipinski definition) is 1. The molecule has 3 rings (SSSR count). The molecule has 0 amide bonds. The average molecular weight is 239 g/mol. The minimum atomic E-state index is 0.476. The molecular formula is C14H13N3O. The summed E-state index contributed by atoms with van der Waals surface area (Å²) < 4.78 is 7.14. The van der Waals surface area contributed by atoms with Crippen LogP contribution in [0.4, 0.5) is 5.95 Å². The number of rotatable bonds is 2. The molecular weight excluding hydrogens is 226 g/mol. The van der Waals surface area contributed by atoms with Crippen molar-refractivity contribution in [2.24, 2.45) is 0 Å². The second kappa shape index (κ2) is 4.07. The van der Waals surface area contributed by atoms with Crippen LogP contribution in [0.2, 0.25) is 0 Å². The minimum Gasteiger partial charge on any atom is -0.497 e. The molecule has 0 saturated carbocycles. The molecule has 3 aromatic rings. The Kier molecular flexibility index (Phi) is 2.41. The third kappa shape index (κ3) is 1.59. The lowest BCUT2D eigenvalue weighted by molar-refractivity contribution is 0.414. The first-order valence-corrected chi connectivity index (χ1v) is 5.67. The van der Waals surface area contributed by atoms with E-state index in [1.165, 1.54) is 0 Å². The highest BCUT2D eigenvalue weighted by Crippen LogP contribution is 2.24. The number of para-hydroxylation sites is 2. The van der Waals surface area contributed by atoms with E-state index in [1.807, 2.05) is 53.1 Å². The Morgan fingerprint density at radius 3 is 2.78 bits per heavy atom. The summed E-state index contributed by atoms with van der Waals surface area (Å²) in [5.74, 6) is 1.27. The molecule has 2 N–H and O–H groups in total. The molecule has 0 unspecified atom stereocenters. The Hall–Kier alpha value is -2.49. The van der Waals surface area contributed by atoms with Crippen molar-refractivity contribution >= 4 is 17.0 Å². The zero-order valence-corrected chi connectivity index (χ0v) is 10.00. The number of fused-ring (bicyclic) bond motifs is 1. The summed E-state index contributed by atoms with van der Waals surface area (Å²) in [7, 11) is 1.65. The van der Waals surface area contributed by atoms with Gasteiger partial charge in [-0.15, -0.1) is 0 Å². The van der Waals surface area contributed by atoms with Gasteiger partial charge in [-0.25, -0.2) is 4.98 Å². The van der Waals surface area contributed by atoms with Gasteiger partial charge in [0.05, 0.1) is 23.8 Å². The van der Waals surface area contributed by atoms with Gasteiger partial charge in [-0.05, 0) is 24.3 Å². The van der Waals surface area contributed by atoms with Crippen LogP contribution in [-0.2, 0) is 0 Å². The van der Waals surface area contributed by atoms with Crippen molar-refractivity contribution in [1.82, 2.24) is 9.55 Å². The molecule has 0 fully saturated rings. The van der Waals surface area contributed by atoms with Crippen LogP contribution in [0.1, 0.15) is 0 Å². The van der Waals surface area contributed by atoms with Crippen molar-refractivity contribution < 1.29 is 4.74 Å². The molecule has 0 spiro atoms. The molecule has 4 heteroatoms. The number of nitrogens with two attached hydrogens (primary N) is 1. The Morgan fingerprint density at radius 2 is 1.94 bits per heavy atom. The number of hydrogen-bond acceptors (Lipinski definition) is 3. The van der Waals surface area contributed by atoms with E-state index >= 15 is 0 Å². The molecule has 18 heavy (non-hydrogen) atoms. The van der Waals surface area contributed by atoms with Gasteiger partial charge < -0.3 is 10.5 Å². The number of nitrogen functional groups attached to an aromatic ring is 1. The van der Waals surface area contributed by atoms with Crippen LogP contribution >= 0.6 is 0 Å². The molecule has 0 aliphatic carbocycles. The van der Waals surface area contributed by atoms with Gasteiger partial charge in [0, 0.05) is 6.07 Å². The summed E-state index contributed by atoms with van der Waals surface area (Å²) in [4.78, 5) is 4.34. The highest BCUT2D eigenvalue weighted by atomic mass is 16.5. The fraction of sp³-hybridized carbons (Fsp3) is 0.0714. The molecule has 1 heterocycles. The van der Waals surface area contributed by atoms with Crippen LogP contribution in [0.15, 0.2) is 48.5 Å². The van der Waals surface area contributed by atoms with Gasteiger partial charge in [-0.1, -0.05) is 18.2 Å². The highest BCUT2D eigenvalue weighted by Gasteiger charge is 2.09. The zero-order chi connectivity index (χ0) is 12.5. The molecule has 0 bridgehead atoms. The number of ether oxygens (including phenoxy) is 1. The van der Waals surface area contributed by atoms with E-state index in [2.05, 4.69) is 4.98 Å². The van der Waals surface area contributed by atoms with Crippen LogP contribution < -0.4 is 10.5 Å². The molecule has 0 aliphatic rings. The molecule has 90 valence electrons. The van der Waals surface area contributed by atoms with E-state index in [1.54, 1.807) is 7.11 Å². The highest BCUT2D eigenvalue weighted by molar-refractivity contribution is 5.80. The van der Waals surface area contributed by atoms with Gasteiger partial charge in [0.1, 0.15) is 5.75 Å². The van der Waals surface area contributed by atoms with E-state index in [9.17, 15) is 0 Å². The summed E-state index contributed by atoms with van der Waals surface area (Å²) >= 11 is 0.